The zero-order valence-electron chi connectivity index (χ0n) is 13.9. The van der Waals surface area contributed by atoms with E-state index >= 15 is 0 Å². The number of amides is 1. The number of nitrogens with zero attached hydrogens (tertiary/aromatic N) is 1. The minimum Gasteiger partial charge on any atom is -0.391 e. The summed E-state index contributed by atoms with van der Waals surface area (Å²) in [5.41, 5.74) is 7.46. The zero-order valence-corrected chi connectivity index (χ0v) is 15.6. The topological polar surface area (TPSA) is 82.2 Å². The summed E-state index contributed by atoms with van der Waals surface area (Å²) >= 11 is 3.26. The number of carbonyl (C=O) groups excluding carboxylic acids is 1. The number of guanidine groups is 1. The lowest BCUT2D eigenvalue weighted by atomic mass is 9.85. The second-order valence-corrected chi connectivity index (χ2v) is 8.53. The molecule has 0 unspecified atom stereocenters. The van der Waals surface area contributed by atoms with Gasteiger partial charge in [-0.1, -0.05) is 0 Å². The van der Waals surface area contributed by atoms with Crippen LogP contribution >= 0.6 is 22.7 Å². The number of nitrogen functional groups attached to an aromatic ring is 1. The van der Waals surface area contributed by atoms with Crippen molar-refractivity contribution in [3.8, 4) is 10.4 Å². The van der Waals surface area contributed by atoms with Gasteiger partial charge >= 0.3 is 0 Å². The second kappa shape index (κ2) is 5.57. The first kappa shape index (κ1) is 16.1. The molecule has 1 aromatic carbocycles. The normalized spacial score (nSPS) is 21.0. The average Bonchev–Trinajstić information content (AvgIpc) is 3.20. The molecule has 1 aliphatic rings. The van der Waals surface area contributed by atoms with E-state index in [4.69, 9.17) is 11.1 Å². The molecule has 2 aromatic heterocycles. The van der Waals surface area contributed by atoms with Crippen molar-refractivity contribution < 1.29 is 4.79 Å². The minimum absolute atomic E-state index is 0.0569. The van der Waals surface area contributed by atoms with Crippen LogP contribution in [0.3, 0.4) is 0 Å². The Balaban J connectivity index is 1.88. The van der Waals surface area contributed by atoms with Crippen LogP contribution in [0.25, 0.3) is 20.5 Å². The van der Waals surface area contributed by atoms with Crippen molar-refractivity contribution in [2.45, 2.75) is 18.9 Å². The number of anilines is 1. The Kier molecular flexibility index (Phi) is 3.59. The molecule has 3 aromatic rings. The third-order valence-electron chi connectivity index (χ3n) is 4.69. The van der Waals surface area contributed by atoms with Gasteiger partial charge in [-0.2, -0.15) is 0 Å². The maximum absolute atomic E-state index is 12.3. The molecule has 0 bridgehead atoms. The quantitative estimate of drug-likeness (QED) is 0.641. The average molecular weight is 371 g/mol. The van der Waals surface area contributed by atoms with E-state index < -0.39 is 5.54 Å². The van der Waals surface area contributed by atoms with Crippen LogP contribution in [0.4, 0.5) is 5.00 Å². The number of hydrogen-bond donors (Lipinski definition) is 3. The van der Waals surface area contributed by atoms with Crippen molar-refractivity contribution in [3.63, 3.8) is 0 Å². The molecule has 1 amide bonds. The van der Waals surface area contributed by atoms with Crippen molar-refractivity contribution in [1.82, 2.24) is 10.2 Å². The summed E-state index contributed by atoms with van der Waals surface area (Å²) in [5, 5.41) is 15.3. The van der Waals surface area contributed by atoms with Crippen LogP contribution in [-0.2, 0) is 10.3 Å². The molecule has 0 spiro atoms. The van der Waals surface area contributed by atoms with Crippen LogP contribution in [-0.4, -0.2) is 23.8 Å². The molecule has 25 heavy (non-hydrogen) atoms. The number of fused-ring (bicyclic) bond motifs is 1. The second-order valence-electron chi connectivity index (χ2n) is 6.50. The lowest BCUT2D eigenvalue weighted by Crippen LogP contribution is -2.58. The van der Waals surface area contributed by atoms with Crippen molar-refractivity contribution in [2.75, 3.05) is 12.8 Å². The number of carbonyl (C=O) groups is 1. The summed E-state index contributed by atoms with van der Waals surface area (Å²) in [4.78, 5) is 14.8. The minimum atomic E-state index is -0.603. The van der Waals surface area contributed by atoms with Crippen molar-refractivity contribution >= 4 is 49.6 Å². The van der Waals surface area contributed by atoms with E-state index in [2.05, 4.69) is 28.9 Å². The molecule has 4 rings (SSSR count). The number of nitrogens with two attached hydrogens (primary N) is 1. The SMILES string of the molecule is CN1C(=N)N[C@](C)(c2cc(-c3ccc(N)s3)c3sccc3c2)CC1=O. The monoisotopic (exact) mass is 370 g/mol. The molecule has 5 nitrogen and oxygen atoms in total. The van der Waals surface area contributed by atoms with Crippen LogP contribution in [0.1, 0.15) is 18.9 Å². The molecular weight excluding hydrogens is 352 g/mol. The highest BCUT2D eigenvalue weighted by Crippen LogP contribution is 2.41. The predicted octanol–water partition coefficient (Wildman–Crippen LogP) is 3.81. The molecule has 3 heterocycles. The van der Waals surface area contributed by atoms with Gasteiger partial charge in [-0.25, -0.2) is 0 Å². The zero-order chi connectivity index (χ0) is 17.8. The van der Waals surface area contributed by atoms with E-state index in [9.17, 15) is 4.79 Å². The molecule has 128 valence electrons. The Morgan fingerprint density at radius 1 is 1.32 bits per heavy atom. The highest BCUT2D eigenvalue weighted by Gasteiger charge is 2.38. The summed E-state index contributed by atoms with van der Waals surface area (Å²) in [5.74, 6) is 0.0738. The van der Waals surface area contributed by atoms with Gasteiger partial charge in [0.25, 0.3) is 0 Å². The summed E-state index contributed by atoms with van der Waals surface area (Å²) in [6.07, 6.45) is 0.313. The van der Waals surface area contributed by atoms with Crippen molar-refractivity contribution in [1.29, 1.82) is 5.41 Å². The molecule has 1 aliphatic heterocycles. The van der Waals surface area contributed by atoms with E-state index in [0.717, 1.165) is 26.4 Å². The predicted molar refractivity (Wildman–Crippen MR) is 105 cm³/mol. The van der Waals surface area contributed by atoms with Gasteiger partial charge in [-0.15, -0.1) is 22.7 Å². The van der Waals surface area contributed by atoms with E-state index in [-0.39, 0.29) is 11.9 Å². The molecule has 0 radical (unpaired) electrons. The van der Waals surface area contributed by atoms with E-state index in [1.807, 2.05) is 19.1 Å². The first-order chi connectivity index (χ1) is 11.9. The molecule has 1 saturated heterocycles. The highest BCUT2D eigenvalue weighted by atomic mass is 32.1. The van der Waals surface area contributed by atoms with Gasteiger partial charge in [0.2, 0.25) is 5.91 Å². The Hall–Kier alpha value is -2.38. The van der Waals surface area contributed by atoms with Gasteiger partial charge in [-0.3, -0.25) is 15.1 Å². The first-order valence-corrected chi connectivity index (χ1v) is 9.58. The third kappa shape index (κ3) is 2.60. The maximum Gasteiger partial charge on any atom is 0.231 e. The summed E-state index contributed by atoms with van der Waals surface area (Å²) < 4.78 is 1.21. The van der Waals surface area contributed by atoms with Gasteiger partial charge < -0.3 is 11.1 Å². The Morgan fingerprint density at radius 3 is 2.80 bits per heavy atom. The third-order valence-corrected chi connectivity index (χ3v) is 6.60. The summed E-state index contributed by atoms with van der Waals surface area (Å²) in [6.45, 7) is 1.98. The smallest absolute Gasteiger partial charge is 0.231 e. The van der Waals surface area contributed by atoms with Gasteiger partial charge in [0.1, 0.15) is 0 Å². The Labute approximate surface area is 153 Å². The standard InChI is InChI=1S/C18H18N4OS2/c1-18(9-15(23)22(2)17(20)21-18)11-7-10-5-6-24-16(10)12(8-11)13-3-4-14(19)25-13/h3-8H,9,19H2,1-2H3,(H2,20,21)/t18-/m0/s1. The molecule has 0 saturated carbocycles. The number of benzene rings is 1. The van der Waals surface area contributed by atoms with Crippen LogP contribution in [0.15, 0.2) is 35.7 Å². The molecule has 1 atom stereocenters. The van der Waals surface area contributed by atoms with Crippen LogP contribution in [0.2, 0.25) is 0 Å². The summed E-state index contributed by atoms with van der Waals surface area (Å²) in [7, 11) is 1.62. The van der Waals surface area contributed by atoms with E-state index in [0.29, 0.717) is 6.42 Å². The number of rotatable bonds is 2. The van der Waals surface area contributed by atoms with Crippen LogP contribution in [0, 0.1) is 5.41 Å². The van der Waals surface area contributed by atoms with Gasteiger partial charge in [0.05, 0.1) is 17.0 Å². The molecule has 1 fully saturated rings. The largest absolute Gasteiger partial charge is 0.391 e. The van der Waals surface area contributed by atoms with Crippen LogP contribution in [0.5, 0.6) is 0 Å². The van der Waals surface area contributed by atoms with Crippen LogP contribution < -0.4 is 11.1 Å². The van der Waals surface area contributed by atoms with Gasteiger partial charge in [0.15, 0.2) is 5.96 Å². The van der Waals surface area contributed by atoms with E-state index in [1.54, 1.807) is 29.7 Å². The number of hydrogen-bond acceptors (Lipinski definition) is 5. The number of thiophene rings is 2. The summed E-state index contributed by atoms with van der Waals surface area (Å²) in [6, 6.07) is 10.3. The highest BCUT2D eigenvalue weighted by molar-refractivity contribution is 7.21. The lowest BCUT2D eigenvalue weighted by Gasteiger charge is -2.39. The molecule has 7 heteroatoms. The molecule has 0 aliphatic carbocycles. The molecule has 4 N–H and O–H groups in total. The van der Waals surface area contributed by atoms with Crippen molar-refractivity contribution in [2.24, 2.45) is 0 Å². The first-order valence-electron chi connectivity index (χ1n) is 7.88. The lowest BCUT2D eigenvalue weighted by molar-refractivity contribution is -0.129. The Bertz CT molecular complexity index is 986. The number of nitrogens with one attached hydrogen (secondary N) is 2. The maximum atomic E-state index is 12.3. The van der Waals surface area contributed by atoms with E-state index in [1.165, 1.54) is 9.60 Å². The Morgan fingerprint density at radius 2 is 2.12 bits per heavy atom. The molecular formula is C18H18N4OS2. The van der Waals surface area contributed by atoms with Gasteiger partial charge in [0, 0.05) is 22.2 Å². The van der Waals surface area contributed by atoms with Gasteiger partial charge in [-0.05, 0) is 53.6 Å². The fourth-order valence-corrected chi connectivity index (χ4v) is 4.96. The fraction of sp³-hybridized carbons (Fsp3) is 0.222. The fourth-order valence-electron chi connectivity index (χ4n) is 3.19. The van der Waals surface area contributed by atoms with Crippen molar-refractivity contribution in [3.05, 3.63) is 41.3 Å².